The number of anilines is 1. The SMILES string of the molecule is CC1(C)CC(=O)C2=C(C1)c1c(ccc3ccccc13)N[C@@H]2c1ccccc1Cl. The summed E-state index contributed by atoms with van der Waals surface area (Å²) in [6, 6.07) is 20.3. The minimum Gasteiger partial charge on any atom is -0.373 e. The monoisotopic (exact) mass is 387 g/mol. The van der Waals surface area contributed by atoms with Crippen LogP contribution in [0.25, 0.3) is 16.3 Å². The van der Waals surface area contributed by atoms with E-state index in [-0.39, 0.29) is 17.2 Å². The highest BCUT2D eigenvalue weighted by Crippen LogP contribution is 2.52. The predicted octanol–water partition coefficient (Wildman–Crippen LogP) is 6.80. The first-order chi connectivity index (χ1) is 13.4. The van der Waals surface area contributed by atoms with Gasteiger partial charge in [0.1, 0.15) is 0 Å². The van der Waals surface area contributed by atoms with E-state index in [1.165, 1.54) is 21.9 Å². The highest BCUT2D eigenvalue weighted by atomic mass is 35.5. The minimum atomic E-state index is -0.207. The van der Waals surface area contributed by atoms with Crippen molar-refractivity contribution in [3.05, 3.63) is 82.4 Å². The maximum Gasteiger partial charge on any atom is 0.162 e. The standard InChI is InChI=1S/C25H22ClNO/c1-25(2)13-18-22-16-8-4-3-7-15(16)11-12-20(22)27-24(23(18)21(28)14-25)17-9-5-6-10-19(17)26/h3-12,24,27H,13-14H2,1-2H3/t24-/m1/s1. The van der Waals surface area contributed by atoms with Crippen LogP contribution >= 0.6 is 11.6 Å². The number of carbonyl (C=O) groups is 1. The third kappa shape index (κ3) is 2.67. The van der Waals surface area contributed by atoms with E-state index in [0.29, 0.717) is 11.4 Å². The van der Waals surface area contributed by atoms with E-state index < -0.39 is 0 Å². The van der Waals surface area contributed by atoms with Crippen LogP contribution in [0.3, 0.4) is 0 Å². The molecule has 0 amide bonds. The van der Waals surface area contributed by atoms with Crippen LogP contribution in [0.5, 0.6) is 0 Å². The molecule has 1 heterocycles. The van der Waals surface area contributed by atoms with Crippen LogP contribution in [-0.4, -0.2) is 5.78 Å². The van der Waals surface area contributed by atoms with Gasteiger partial charge in [-0.1, -0.05) is 74.0 Å². The van der Waals surface area contributed by atoms with Crippen molar-refractivity contribution in [2.75, 3.05) is 5.32 Å². The van der Waals surface area contributed by atoms with Gasteiger partial charge in [-0.15, -0.1) is 0 Å². The topological polar surface area (TPSA) is 29.1 Å². The average molecular weight is 388 g/mol. The van der Waals surface area contributed by atoms with Gasteiger partial charge in [0, 0.05) is 28.3 Å². The fourth-order valence-electron chi connectivity index (χ4n) is 4.78. The molecule has 0 saturated carbocycles. The molecule has 3 aromatic carbocycles. The van der Waals surface area contributed by atoms with Gasteiger partial charge in [-0.25, -0.2) is 0 Å². The van der Waals surface area contributed by atoms with Gasteiger partial charge < -0.3 is 5.32 Å². The van der Waals surface area contributed by atoms with E-state index in [1.54, 1.807) is 0 Å². The fourth-order valence-corrected chi connectivity index (χ4v) is 5.02. The van der Waals surface area contributed by atoms with Crippen LogP contribution < -0.4 is 5.32 Å². The lowest BCUT2D eigenvalue weighted by molar-refractivity contribution is -0.118. The second-order valence-electron chi connectivity index (χ2n) is 8.64. The number of Topliss-reactive ketones (excluding diaryl/α,β-unsaturated/α-hetero) is 1. The molecule has 1 atom stereocenters. The minimum absolute atomic E-state index is 0.0491. The normalized spacial score (nSPS) is 20.5. The number of fused-ring (bicyclic) bond motifs is 4. The Morgan fingerprint density at radius 1 is 0.964 bits per heavy atom. The molecule has 1 N–H and O–H groups in total. The van der Waals surface area contributed by atoms with E-state index in [1.807, 2.05) is 24.3 Å². The van der Waals surface area contributed by atoms with Crippen LogP contribution in [0.15, 0.2) is 66.2 Å². The van der Waals surface area contributed by atoms with Crippen molar-refractivity contribution in [2.24, 2.45) is 5.41 Å². The average Bonchev–Trinajstić information content (AvgIpc) is 2.66. The lowest BCUT2D eigenvalue weighted by atomic mass is 9.68. The molecular weight excluding hydrogens is 366 g/mol. The summed E-state index contributed by atoms with van der Waals surface area (Å²) in [6.07, 6.45) is 1.45. The van der Waals surface area contributed by atoms with Gasteiger partial charge in [-0.2, -0.15) is 0 Å². The van der Waals surface area contributed by atoms with Crippen LogP contribution in [0.2, 0.25) is 5.02 Å². The van der Waals surface area contributed by atoms with Crippen molar-refractivity contribution in [2.45, 2.75) is 32.7 Å². The number of halogens is 1. The third-order valence-corrected chi connectivity index (χ3v) is 6.30. The van der Waals surface area contributed by atoms with Crippen molar-refractivity contribution in [3.63, 3.8) is 0 Å². The van der Waals surface area contributed by atoms with Gasteiger partial charge in [-0.3, -0.25) is 4.79 Å². The van der Waals surface area contributed by atoms with E-state index in [9.17, 15) is 4.79 Å². The first-order valence-electron chi connectivity index (χ1n) is 9.74. The Bertz CT molecular complexity index is 1160. The summed E-state index contributed by atoms with van der Waals surface area (Å²) in [5, 5.41) is 6.72. The molecule has 2 aliphatic rings. The van der Waals surface area contributed by atoms with Crippen LogP contribution in [0, 0.1) is 5.41 Å². The predicted molar refractivity (Wildman–Crippen MR) is 117 cm³/mol. The molecule has 5 rings (SSSR count). The molecule has 28 heavy (non-hydrogen) atoms. The maximum atomic E-state index is 13.3. The van der Waals surface area contributed by atoms with Crippen molar-refractivity contribution >= 4 is 39.4 Å². The van der Waals surface area contributed by atoms with Crippen molar-refractivity contribution in [3.8, 4) is 0 Å². The van der Waals surface area contributed by atoms with Gasteiger partial charge in [0.15, 0.2) is 5.78 Å². The van der Waals surface area contributed by atoms with Gasteiger partial charge in [0.25, 0.3) is 0 Å². The Morgan fingerprint density at radius 3 is 2.54 bits per heavy atom. The Hall–Kier alpha value is -2.58. The smallest absolute Gasteiger partial charge is 0.162 e. The van der Waals surface area contributed by atoms with Gasteiger partial charge >= 0.3 is 0 Å². The maximum absolute atomic E-state index is 13.3. The lowest BCUT2D eigenvalue weighted by Crippen LogP contribution is -2.33. The quantitative estimate of drug-likeness (QED) is 0.497. The Morgan fingerprint density at radius 2 is 1.71 bits per heavy atom. The first-order valence-corrected chi connectivity index (χ1v) is 10.1. The number of ketones is 1. The van der Waals surface area contributed by atoms with Crippen molar-refractivity contribution in [1.29, 1.82) is 0 Å². The second-order valence-corrected chi connectivity index (χ2v) is 9.05. The largest absolute Gasteiger partial charge is 0.373 e. The van der Waals surface area contributed by atoms with Crippen LogP contribution in [0.1, 0.15) is 43.9 Å². The summed E-state index contributed by atoms with van der Waals surface area (Å²) in [5.41, 5.74) is 5.23. The molecule has 0 aromatic heterocycles. The Labute approximate surface area is 170 Å². The van der Waals surface area contributed by atoms with Crippen LogP contribution in [-0.2, 0) is 4.79 Å². The summed E-state index contributed by atoms with van der Waals surface area (Å²) < 4.78 is 0. The number of rotatable bonds is 1. The highest BCUT2D eigenvalue weighted by Gasteiger charge is 2.41. The summed E-state index contributed by atoms with van der Waals surface area (Å²) in [6.45, 7) is 4.37. The first kappa shape index (κ1) is 17.5. The van der Waals surface area contributed by atoms with Crippen molar-refractivity contribution in [1.82, 2.24) is 0 Å². The fraction of sp³-hybridized carbons (Fsp3) is 0.240. The molecule has 140 valence electrons. The number of nitrogens with one attached hydrogen (secondary N) is 1. The molecule has 1 aliphatic carbocycles. The molecule has 0 radical (unpaired) electrons. The molecule has 0 spiro atoms. The molecule has 0 unspecified atom stereocenters. The summed E-state index contributed by atoms with van der Waals surface area (Å²) in [5.74, 6) is 0.224. The summed E-state index contributed by atoms with van der Waals surface area (Å²) in [7, 11) is 0. The molecule has 2 nitrogen and oxygen atoms in total. The zero-order valence-electron chi connectivity index (χ0n) is 16.1. The van der Waals surface area contributed by atoms with E-state index in [4.69, 9.17) is 11.6 Å². The number of hydrogen-bond donors (Lipinski definition) is 1. The lowest BCUT2D eigenvalue weighted by Gasteiger charge is -2.40. The Kier molecular flexibility index (Phi) is 3.89. The van der Waals surface area contributed by atoms with Gasteiger partial charge in [-0.05, 0) is 45.9 Å². The summed E-state index contributed by atoms with van der Waals surface area (Å²) in [4.78, 5) is 13.3. The van der Waals surface area contributed by atoms with E-state index >= 15 is 0 Å². The third-order valence-electron chi connectivity index (χ3n) is 5.96. The van der Waals surface area contributed by atoms with Crippen LogP contribution in [0.4, 0.5) is 5.69 Å². The van der Waals surface area contributed by atoms with Gasteiger partial charge in [0.05, 0.1) is 6.04 Å². The number of benzene rings is 3. The molecule has 0 bridgehead atoms. The van der Waals surface area contributed by atoms with E-state index in [2.05, 4.69) is 55.6 Å². The Balaban J connectivity index is 1.83. The van der Waals surface area contributed by atoms with Gasteiger partial charge in [0.2, 0.25) is 0 Å². The zero-order chi connectivity index (χ0) is 19.5. The number of carbonyl (C=O) groups excluding carboxylic acids is 1. The number of hydrogen-bond acceptors (Lipinski definition) is 2. The second kappa shape index (κ2) is 6.22. The van der Waals surface area contributed by atoms with Crippen molar-refractivity contribution < 1.29 is 4.79 Å². The summed E-state index contributed by atoms with van der Waals surface area (Å²) >= 11 is 6.54. The zero-order valence-corrected chi connectivity index (χ0v) is 16.8. The number of allylic oxidation sites excluding steroid dienone is 1. The molecule has 0 fully saturated rings. The molecule has 3 heteroatoms. The molecular formula is C25H22ClNO. The molecule has 3 aromatic rings. The highest BCUT2D eigenvalue weighted by molar-refractivity contribution is 6.31. The molecule has 0 saturated heterocycles. The molecule has 1 aliphatic heterocycles. The van der Waals surface area contributed by atoms with E-state index in [0.717, 1.165) is 23.2 Å².